The first-order valence-electron chi connectivity index (χ1n) is 10.6. The highest BCUT2D eigenvalue weighted by atomic mass is 16.5. The summed E-state index contributed by atoms with van der Waals surface area (Å²) in [6, 6.07) is 5.04. The lowest BCUT2D eigenvalue weighted by molar-refractivity contribution is -0.138. The minimum absolute atomic E-state index is 0.104. The van der Waals surface area contributed by atoms with Gasteiger partial charge in [-0.1, -0.05) is 23.8 Å². The number of ketones is 2. The second-order valence-corrected chi connectivity index (χ2v) is 8.86. The van der Waals surface area contributed by atoms with Crippen LogP contribution < -0.4 is 4.74 Å². The first-order valence-corrected chi connectivity index (χ1v) is 10.6. The number of amides is 2. The molecule has 2 amide bonds. The van der Waals surface area contributed by atoms with Gasteiger partial charge >= 0.3 is 0 Å². The number of aromatic hydroxyl groups is 1. The van der Waals surface area contributed by atoms with E-state index < -0.39 is 23.7 Å². The largest absolute Gasteiger partial charge is 0.504 e. The van der Waals surface area contributed by atoms with Gasteiger partial charge in [-0.15, -0.1) is 0 Å². The van der Waals surface area contributed by atoms with Crippen LogP contribution in [0.3, 0.4) is 0 Å². The van der Waals surface area contributed by atoms with Crippen LogP contribution in [0.15, 0.2) is 52.6 Å². The number of nitrogens with zero attached hydrogens (tertiary/aromatic N) is 1. The average molecular weight is 433 g/mol. The molecule has 5 rings (SSSR count). The van der Waals surface area contributed by atoms with Crippen LogP contribution in [0.4, 0.5) is 0 Å². The molecule has 7 heteroatoms. The second-order valence-electron chi connectivity index (χ2n) is 8.86. The summed E-state index contributed by atoms with van der Waals surface area (Å²) >= 11 is 0. The highest BCUT2D eigenvalue weighted by molar-refractivity contribution is 6.23. The van der Waals surface area contributed by atoms with Crippen LogP contribution in [0.1, 0.15) is 31.2 Å². The molecule has 0 saturated carbocycles. The van der Waals surface area contributed by atoms with Crippen molar-refractivity contribution in [2.75, 3.05) is 14.2 Å². The molecule has 1 aromatic carbocycles. The molecule has 1 aliphatic heterocycles. The van der Waals surface area contributed by atoms with Crippen molar-refractivity contribution in [3.05, 3.63) is 58.2 Å². The van der Waals surface area contributed by atoms with Crippen LogP contribution >= 0.6 is 0 Å². The van der Waals surface area contributed by atoms with Crippen molar-refractivity contribution in [2.24, 2.45) is 17.8 Å². The number of phenolic OH excluding ortho intramolecular Hbond substituents is 1. The van der Waals surface area contributed by atoms with Gasteiger partial charge in [0.1, 0.15) is 0 Å². The van der Waals surface area contributed by atoms with Gasteiger partial charge in [-0.3, -0.25) is 24.1 Å². The summed E-state index contributed by atoms with van der Waals surface area (Å²) in [5.74, 6) is -2.92. The maximum atomic E-state index is 13.1. The molecule has 1 aromatic rings. The molecule has 32 heavy (non-hydrogen) atoms. The van der Waals surface area contributed by atoms with E-state index in [2.05, 4.69) is 0 Å². The van der Waals surface area contributed by atoms with Crippen molar-refractivity contribution in [1.29, 1.82) is 0 Å². The molecule has 1 fully saturated rings. The Kier molecular flexibility index (Phi) is 4.48. The SMILES string of the molecule is COc1cccc(C2C3=CCC4C(=O)N(C)C(=O)C4C3CC3=C2C(=O)C=C(C)C3=O)c1O. The number of Topliss-reactive ketones (excluding diaryl/α,β-unsaturated/α-hetero) is 1. The van der Waals surface area contributed by atoms with E-state index in [0.717, 1.165) is 5.57 Å². The molecule has 164 valence electrons. The lowest BCUT2D eigenvalue weighted by atomic mass is 9.59. The highest BCUT2D eigenvalue weighted by Crippen LogP contribution is 2.56. The lowest BCUT2D eigenvalue weighted by Crippen LogP contribution is -2.39. The van der Waals surface area contributed by atoms with E-state index in [1.165, 1.54) is 25.1 Å². The monoisotopic (exact) mass is 433 g/mol. The molecular formula is C25H23NO6. The Balaban J connectivity index is 1.74. The van der Waals surface area contributed by atoms with Crippen molar-refractivity contribution < 1.29 is 29.0 Å². The fourth-order valence-corrected chi connectivity index (χ4v) is 5.83. The van der Waals surface area contributed by atoms with E-state index >= 15 is 0 Å². The molecule has 0 bridgehead atoms. The number of rotatable bonds is 2. The normalized spacial score (nSPS) is 29.4. The third kappa shape index (κ3) is 2.60. The van der Waals surface area contributed by atoms with E-state index in [9.17, 15) is 24.3 Å². The molecular weight excluding hydrogens is 410 g/mol. The fraction of sp³-hybridized carbons (Fsp3) is 0.360. The van der Waals surface area contributed by atoms with Crippen LogP contribution in [0.2, 0.25) is 0 Å². The van der Waals surface area contributed by atoms with Crippen molar-refractivity contribution in [1.82, 2.24) is 4.90 Å². The number of ether oxygens (including phenoxy) is 1. The number of imide groups is 1. The molecule has 4 atom stereocenters. The predicted octanol–water partition coefficient (Wildman–Crippen LogP) is 2.46. The zero-order valence-corrected chi connectivity index (χ0v) is 18.0. The molecule has 4 unspecified atom stereocenters. The maximum Gasteiger partial charge on any atom is 0.233 e. The van der Waals surface area contributed by atoms with E-state index in [1.807, 2.05) is 6.08 Å². The number of likely N-dealkylation sites (tertiary alicyclic amines) is 1. The third-order valence-electron chi connectivity index (χ3n) is 7.34. The van der Waals surface area contributed by atoms with Crippen molar-refractivity contribution in [3.8, 4) is 11.5 Å². The van der Waals surface area contributed by atoms with Gasteiger partial charge in [0.2, 0.25) is 11.8 Å². The van der Waals surface area contributed by atoms with Crippen LogP contribution in [0, 0.1) is 17.8 Å². The van der Waals surface area contributed by atoms with Gasteiger partial charge in [0, 0.05) is 35.2 Å². The first-order chi connectivity index (χ1) is 15.3. The van der Waals surface area contributed by atoms with E-state index in [4.69, 9.17) is 4.74 Å². The fourth-order valence-electron chi connectivity index (χ4n) is 5.83. The van der Waals surface area contributed by atoms with E-state index in [1.54, 1.807) is 25.1 Å². The summed E-state index contributed by atoms with van der Waals surface area (Å²) in [6.07, 6.45) is 3.88. The Morgan fingerprint density at radius 3 is 2.56 bits per heavy atom. The molecule has 1 heterocycles. The van der Waals surface area contributed by atoms with Crippen molar-refractivity contribution in [2.45, 2.75) is 25.7 Å². The summed E-state index contributed by atoms with van der Waals surface area (Å²) in [7, 11) is 2.93. The zero-order chi connectivity index (χ0) is 22.9. The number of allylic oxidation sites excluding steroid dienone is 6. The number of hydrogen-bond donors (Lipinski definition) is 1. The smallest absolute Gasteiger partial charge is 0.233 e. The predicted molar refractivity (Wildman–Crippen MR) is 114 cm³/mol. The number of benzene rings is 1. The topological polar surface area (TPSA) is 101 Å². The number of fused-ring (bicyclic) bond motifs is 3. The van der Waals surface area contributed by atoms with Crippen LogP contribution in [-0.2, 0) is 19.2 Å². The van der Waals surface area contributed by atoms with Gasteiger partial charge in [0.25, 0.3) is 0 Å². The number of phenols is 1. The minimum Gasteiger partial charge on any atom is -0.504 e. The molecule has 4 aliphatic rings. The van der Waals surface area contributed by atoms with Gasteiger partial charge in [-0.25, -0.2) is 0 Å². The Morgan fingerprint density at radius 2 is 1.84 bits per heavy atom. The van der Waals surface area contributed by atoms with Gasteiger partial charge in [0.05, 0.1) is 18.9 Å². The molecule has 0 spiro atoms. The zero-order valence-electron chi connectivity index (χ0n) is 18.0. The van der Waals surface area contributed by atoms with Gasteiger partial charge < -0.3 is 9.84 Å². The maximum absolute atomic E-state index is 13.1. The Labute approximate surface area is 185 Å². The number of para-hydroxylation sites is 1. The second kappa shape index (κ2) is 7.02. The summed E-state index contributed by atoms with van der Waals surface area (Å²) in [5, 5.41) is 10.9. The van der Waals surface area contributed by atoms with Gasteiger partial charge in [-0.05, 0) is 37.8 Å². The number of carbonyl (C=O) groups excluding carboxylic acids is 4. The highest BCUT2D eigenvalue weighted by Gasteiger charge is 2.55. The third-order valence-corrected chi connectivity index (χ3v) is 7.34. The Morgan fingerprint density at radius 1 is 1.09 bits per heavy atom. The molecule has 7 nitrogen and oxygen atoms in total. The molecule has 1 saturated heterocycles. The number of methoxy groups -OCH3 is 1. The summed E-state index contributed by atoms with van der Waals surface area (Å²) in [4.78, 5) is 53.1. The van der Waals surface area contributed by atoms with Crippen LogP contribution in [-0.4, -0.2) is 47.5 Å². The summed E-state index contributed by atoms with van der Waals surface area (Å²) < 4.78 is 5.27. The number of hydrogen-bond acceptors (Lipinski definition) is 6. The standard InChI is InChI=1S/C25H23NO6/c1-11-9-17(27)21-16(22(11)28)10-15-12(7-8-14-20(15)25(31)26(2)24(14)30)19(21)13-5-4-6-18(32-3)23(13)29/h4-7,9,14-15,19-20,29H,8,10H2,1-3H3. The van der Waals surface area contributed by atoms with Crippen LogP contribution in [0.25, 0.3) is 0 Å². The van der Waals surface area contributed by atoms with Gasteiger partial charge in [-0.2, -0.15) is 0 Å². The van der Waals surface area contributed by atoms with E-state index in [-0.39, 0.29) is 41.3 Å². The van der Waals surface area contributed by atoms with E-state index in [0.29, 0.717) is 28.7 Å². The Hall–Kier alpha value is -3.48. The van der Waals surface area contributed by atoms with Crippen LogP contribution in [0.5, 0.6) is 11.5 Å². The summed E-state index contributed by atoms with van der Waals surface area (Å²) in [5.41, 5.74) is 2.33. The first kappa shape index (κ1) is 20.4. The van der Waals surface area contributed by atoms with Gasteiger partial charge in [0.15, 0.2) is 23.1 Å². The van der Waals surface area contributed by atoms with Crippen molar-refractivity contribution >= 4 is 23.4 Å². The molecule has 0 aromatic heterocycles. The quantitative estimate of drug-likeness (QED) is 0.437. The minimum atomic E-state index is -0.686. The number of carbonyl (C=O) groups is 4. The molecule has 1 N–H and O–H groups in total. The Bertz CT molecular complexity index is 1200. The van der Waals surface area contributed by atoms with Crippen molar-refractivity contribution in [3.63, 3.8) is 0 Å². The summed E-state index contributed by atoms with van der Waals surface area (Å²) in [6.45, 7) is 1.61. The lowest BCUT2D eigenvalue weighted by Gasteiger charge is -2.42. The molecule has 0 radical (unpaired) electrons. The molecule has 3 aliphatic carbocycles. The average Bonchev–Trinajstić information content (AvgIpc) is 3.00.